The lowest BCUT2D eigenvalue weighted by Gasteiger charge is -2.36. The minimum absolute atomic E-state index is 0.178. The van der Waals surface area contributed by atoms with Crippen LogP contribution in [0.2, 0.25) is 0 Å². The summed E-state index contributed by atoms with van der Waals surface area (Å²) >= 11 is 0. The van der Waals surface area contributed by atoms with Crippen LogP contribution in [-0.4, -0.2) is 26.2 Å². The van der Waals surface area contributed by atoms with E-state index in [0.29, 0.717) is 0 Å². The first-order valence-corrected chi connectivity index (χ1v) is 6.43. The van der Waals surface area contributed by atoms with Crippen LogP contribution in [0.4, 0.5) is 5.69 Å². The molecule has 0 radical (unpaired) electrons. The molecule has 4 heteroatoms. The van der Waals surface area contributed by atoms with E-state index < -0.39 is 5.41 Å². The van der Waals surface area contributed by atoms with Gasteiger partial charge in [-0.3, -0.25) is 4.79 Å². The van der Waals surface area contributed by atoms with Crippen molar-refractivity contribution in [2.75, 3.05) is 25.2 Å². The predicted molar refractivity (Wildman–Crippen MR) is 76.2 cm³/mol. The van der Waals surface area contributed by atoms with Gasteiger partial charge in [0.15, 0.2) is 5.41 Å². The number of nitriles is 1. The average molecular weight is 266 g/mol. The third kappa shape index (κ3) is 1.75. The number of carbonyl (C=O) groups is 1. The highest BCUT2D eigenvalue weighted by Crippen LogP contribution is 2.33. The maximum Gasteiger partial charge on any atom is 0.252 e. The number of benzene rings is 2. The van der Waals surface area contributed by atoms with E-state index in [-0.39, 0.29) is 19.1 Å². The zero-order valence-electron chi connectivity index (χ0n) is 11.2. The van der Waals surface area contributed by atoms with Crippen LogP contribution in [0.5, 0.6) is 0 Å². The monoisotopic (exact) mass is 266 g/mol. The molecule has 0 spiro atoms. The predicted octanol–water partition coefficient (Wildman–Crippen LogP) is 2.34. The van der Waals surface area contributed by atoms with Crippen LogP contribution in [0.15, 0.2) is 42.5 Å². The second kappa shape index (κ2) is 4.62. The summed E-state index contributed by atoms with van der Waals surface area (Å²) < 4.78 is 5.05. The summed E-state index contributed by atoms with van der Waals surface area (Å²) in [4.78, 5) is 14.1. The fraction of sp³-hybridized carbons (Fsp3) is 0.250. The van der Waals surface area contributed by atoms with Gasteiger partial charge in [0.1, 0.15) is 0 Å². The smallest absolute Gasteiger partial charge is 0.252 e. The van der Waals surface area contributed by atoms with Gasteiger partial charge in [0.2, 0.25) is 0 Å². The third-order valence-electron chi connectivity index (χ3n) is 3.75. The zero-order chi connectivity index (χ0) is 14.2. The van der Waals surface area contributed by atoms with E-state index in [9.17, 15) is 10.1 Å². The van der Waals surface area contributed by atoms with Gasteiger partial charge in [0.25, 0.3) is 5.91 Å². The van der Waals surface area contributed by atoms with Crippen molar-refractivity contribution < 1.29 is 9.53 Å². The van der Waals surface area contributed by atoms with Crippen molar-refractivity contribution in [2.24, 2.45) is 5.41 Å². The van der Waals surface area contributed by atoms with E-state index in [4.69, 9.17) is 4.74 Å². The standard InChI is InChI=1S/C16H14N2O2/c1-18(15(19)16(9-17)10-20-11-16)14-8-4-6-12-5-2-3-7-13(12)14/h2-8H,10-11H2,1H3. The fourth-order valence-electron chi connectivity index (χ4n) is 2.47. The molecule has 1 aliphatic rings. The van der Waals surface area contributed by atoms with E-state index >= 15 is 0 Å². The van der Waals surface area contributed by atoms with Crippen molar-refractivity contribution in [2.45, 2.75) is 0 Å². The summed E-state index contributed by atoms with van der Waals surface area (Å²) in [5, 5.41) is 11.3. The Morgan fingerprint density at radius 3 is 2.60 bits per heavy atom. The van der Waals surface area contributed by atoms with Crippen molar-refractivity contribution in [1.82, 2.24) is 0 Å². The molecule has 1 heterocycles. The van der Waals surface area contributed by atoms with Gasteiger partial charge in [-0.05, 0) is 11.5 Å². The molecule has 0 atom stereocenters. The number of amides is 1. The molecule has 20 heavy (non-hydrogen) atoms. The zero-order valence-corrected chi connectivity index (χ0v) is 11.2. The highest BCUT2D eigenvalue weighted by molar-refractivity contribution is 6.06. The molecule has 0 bridgehead atoms. The molecule has 100 valence electrons. The van der Waals surface area contributed by atoms with Crippen LogP contribution in [0.3, 0.4) is 0 Å². The molecule has 0 saturated carbocycles. The Morgan fingerprint density at radius 2 is 1.95 bits per heavy atom. The molecule has 3 rings (SSSR count). The number of ether oxygens (including phenoxy) is 1. The van der Waals surface area contributed by atoms with Gasteiger partial charge in [-0.25, -0.2) is 0 Å². The molecular formula is C16H14N2O2. The minimum atomic E-state index is -1.02. The van der Waals surface area contributed by atoms with Crippen LogP contribution in [0.1, 0.15) is 0 Å². The summed E-state index contributed by atoms with van der Waals surface area (Å²) in [5.74, 6) is -0.206. The second-order valence-corrected chi connectivity index (χ2v) is 5.05. The fourth-order valence-corrected chi connectivity index (χ4v) is 2.47. The van der Waals surface area contributed by atoms with Crippen LogP contribution in [0.25, 0.3) is 10.8 Å². The molecule has 1 saturated heterocycles. The lowest BCUT2D eigenvalue weighted by molar-refractivity contribution is -0.146. The molecule has 1 amide bonds. The molecule has 1 fully saturated rings. The highest BCUT2D eigenvalue weighted by Gasteiger charge is 2.48. The first-order valence-electron chi connectivity index (χ1n) is 6.43. The largest absolute Gasteiger partial charge is 0.377 e. The van der Waals surface area contributed by atoms with Crippen LogP contribution in [-0.2, 0) is 9.53 Å². The van der Waals surface area contributed by atoms with Gasteiger partial charge in [-0.15, -0.1) is 0 Å². The van der Waals surface area contributed by atoms with E-state index in [1.807, 2.05) is 42.5 Å². The quantitative estimate of drug-likeness (QED) is 0.838. The minimum Gasteiger partial charge on any atom is -0.377 e. The van der Waals surface area contributed by atoms with Gasteiger partial charge in [-0.2, -0.15) is 5.26 Å². The lowest BCUT2D eigenvalue weighted by atomic mass is 9.86. The molecule has 1 aliphatic heterocycles. The Kier molecular flexibility index (Phi) is 2.92. The number of fused-ring (bicyclic) bond motifs is 1. The summed E-state index contributed by atoms with van der Waals surface area (Å²) in [7, 11) is 1.71. The number of rotatable bonds is 2. The Labute approximate surface area is 117 Å². The van der Waals surface area contributed by atoms with Crippen molar-refractivity contribution in [3.05, 3.63) is 42.5 Å². The summed E-state index contributed by atoms with van der Waals surface area (Å²) in [6.07, 6.45) is 0. The Morgan fingerprint density at radius 1 is 1.25 bits per heavy atom. The number of anilines is 1. The topological polar surface area (TPSA) is 53.3 Å². The molecule has 0 aromatic heterocycles. The van der Waals surface area contributed by atoms with Crippen molar-refractivity contribution in [3.63, 3.8) is 0 Å². The Hall–Kier alpha value is -2.38. The Balaban J connectivity index is 2.03. The molecule has 2 aromatic rings. The summed E-state index contributed by atoms with van der Waals surface area (Å²) in [6, 6.07) is 15.8. The van der Waals surface area contributed by atoms with Crippen molar-refractivity contribution >= 4 is 22.4 Å². The van der Waals surface area contributed by atoms with Crippen molar-refractivity contribution in [1.29, 1.82) is 5.26 Å². The van der Waals surface area contributed by atoms with Gasteiger partial charge in [0, 0.05) is 12.4 Å². The van der Waals surface area contributed by atoms with Crippen LogP contribution < -0.4 is 4.90 Å². The number of hydrogen-bond donors (Lipinski definition) is 0. The van der Waals surface area contributed by atoms with E-state index in [1.54, 1.807) is 11.9 Å². The third-order valence-corrected chi connectivity index (χ3v) is 3.75. The SMILES string of the molecule is CN(C(=O)C1(C#N)COC1)c1cccc2ccccc12. The number of hydrogen-bond acceptors (Lipinski definition) is 3. The highest BCUT2D eigenvalue weighted by atomic mass is 16.5. The van der Waals surface area contributed by atoms with Gasteiger partial charge in [-0.1, -0.05) is 36.4 Å². The molecule has 0 unspecified atom stereocenters. The van der Waals surface area contributed by atoms with Gasteiger partial charge >= 0.3 is 0 Å². The first-order chi connectivity index (χ1) is 9.68. The summed E-state index contributed by atoms with van der Waals surface area (Å²) in [5.41, 5.74) is -0.208. The van der Waals surface area contributed by atoms with Crippen LogP contribution in [0, 0.1) is 16.7 Å². The lowest BCUT2D eigenvalue weighted by Crippen LogP contribution is -2.53. The van der Waals surface area contributed by atoms with E-state index in [2.05, 4.69) is 6.07 Å². The van der Waals surface area contributed by atoms with E-state index in [0.717, 1.165) is 16.5 Å². The maximum atomic E-state index is 12.5. The molecule has 4 nitrogen and oxygen atoms in total. The first kappa shape index (κ1) is 12.6. The van der Waals surface area contributed by atoms with Crippen LogP contribution >= 0.6 is 0 Å². The molecule has 2 aromatic carbocycles. The molecule has 0 N–H and O–H groups in total. The number of carbonyl (C=O) groups excluding carboxylic acids is 1. The van der Waals surface area contributed by atoms with Crippen molar-refractivity contribution in [3.8, 4) is 6.07 Å². The average Bonchev–Trinajstić information content (AvgIpc) is 2.45. The summed E-state index contributed by atoms with van der Waals surface area (Å²) in [6.45, 7) is 0.356. The second-order valence-electron chi connectivity index (χ2n) is 5.05. The molecule has 0 aliphatic carbocycles. The normalized spacial score (nSPS) is 16.2. The van der Waals surface area contributed by atoms with Gasteiger partial charge in [0.05, 0.1) is 25.0 Å². The van der Waals surface area contributed by atoms with E-state index in [1.165, 1.54) is 0 Å². The number of nitrogens with zero attached hydrogens (tertiary/aromatic N) is 2. The Bertz CT molecular complexity index is 708. The molecular weight excluding hydrogens is 252 g/mol. The maximum absolute atomic E-state index is 12.5. The van der Waals surface area contributed by atoms with Gasteiger partial charge < -0.3 is 9.64 Å².